The van der Waals surface area contributed by atoms with Gasteiger partial charge in [-0.25, -0.2) is 0 Å². The molecule has 0 aliphatic heterocycles. The maximum atomic E-state index is 12.2. The van der Waals surface area contributed by atoms with Crippen molar-refractivity contribution in [2.75, 3.05) is 7.11 Å². The third-order valence-corrected chi connectivity index (χ3v) is 2.32. The Morgan fingerprint density at radius 2 is 2.00 bits per heavy atom. The van der Waals surface area contributed by atoms with Gasteiger partial charge in [-0.05, 0) is 6.92 Å². The summed E-state index contributed by atoms with van der Waals surface area (Å²) in [6, 6.07) is 0. The summed E-state index contributed by atoms with van der Waals surface area (Å²) in [6.45, 7) is 1.59. The summed E-state index contributed by atoms with van der Waals surface area (Å²) in [5.74, 6) is -0.353. The van der Waals surface area contributed by atoms with Crippen molar-refractivity contribution in [1.82, 2.24) is 4.98 Å². The number of nitrogens with zero attached hydrogens (tertiary/aromatic N) is 1. The Kier molecular flexibility index (Phi) is 4.01. The van der Waals surface area contributed by atoms with Gasteiger partial charge in [0.25, 0.3) is 0 Å². The fourth-order valence-corrected chi connectivity index (χ4v) is 1.57. The van der Waals surface area contributed by atoms with Crippen LogP contribution in [0.4, 0.5) is 13.2 Å². The summed E-state index contributed by atoms with van der Waals surface area (Å²) >= 11 is 3.04. The van der Waals surface area contributed by atoms with Gasteiger partial charge in [0.2, 0.25) is 0 Å². The molecule has 0 bridgehead atoms. The molecule has 7 heteroatoms. The predicted octanol–water partition coefficient (Wildman–Crippen LogP) is 3.19. The number of ether oxygens (including phenoxy) is 2. The number of hydrogen-bond acceptors (Lipinski definition) is 3. The molecule has 0 amide bonds. The monoisotopic (exact) mass is 299 g/mol. The first-order valence-electron chi connectivity index (χ1n) is 4.23. The molecule has 16 heavy (non-hydrogen) atoms. The van der Waals surface area contributed by atoms with Crippen LogP contribution in [-0.2, 0) is 5.33 Å². The molecule has 0 unspecified atom stereocenters. The fourth-order valence-electron chi connectivity index (χ4n) is 1.17. The minimum Gasteiger partial charge on any atom is -0.492 e. The molecule has 3 nitrogen and oxygen atoms in total. The topological polar surface area (TPSA) is 31.4 Å². The van der Waals surface area contributed by atoms with Gasteiger partial charge in [-0.2, -0.15) is 0 Å². The maximum absolute atomic E-state index is 12.2. The third kappa shape index (κ3) is 3.01. The van der Waals surface area contributed by atoms with E-state index < -0.39 is 12.1 Å². The summed E-state index contributed by atoms with van der Waals surface area (Å²) in [7, 11) is 1.28. The van der Waals surface area contributed by atoms with Gasteiger partial charge >= 0.3 is 6.36 Å². The van der Waals surface area contributed by atoms with Crippen LogP contribution in [0.3, 0.4) is 0 Å². The minimum absolute atomic E-state index is 0.0433. The summed E-state index contributed by atoms with van der Waals surface area (Å²) in [6.07, 6.45) is -3.33. The van der Waals surface area contributed by atoms with E-state index >= 15 is 0 Å². The average molecular weight is 300 g/mol. The van der Waals surface area contributed by atoms with Gasteiger partial charge in [0, 0.05) is 17.1 Å². The van der Waals surface area contributed by atoms with Crippen LogP contribution in [0.25, 0.3) is 0 Å². The van der Waals surface area contributed by atoms with Crippen LogP contribution in [0.2, 0.25) is 0 Å². The fraction of sp³-hybridized carbons (Fsp3) is 0.444. The highest BCUT2D eigenvalue weighted by Crippen LogP contribution is 2.37. The second-order valence-corrected chi connectivity index (χ2v) is 3.49. The molecule has 0 aliphatic rings. The number of pyridine rings is 1. The number of alkyl halides is 4. The lowest BCUT2D eigenvalue weighted by Crippen LogP contribution is -2.19. The van der Waals surface area contributed by atoms with Crippen molar-refractivity contribution in [1.29, 1.82) is 0 Å². The first-order chi connectivity index (χ1) is 7.39. The standard InChI is InChI=1S/C9H9BrF3NO2/c1-5-4-14-6(3-10)8(7(5)15-2)16-9(11,12)13/h4H,3H2,1-2H3. The highest BCUT2D eigenvalue weighted by Gasteiger charge is 2.34. The maximum Gasteiger partial charge on any atom is 0.573 e. The normalized spacial score (nSPS) is 11.4. The van der Waals surface area contributed by atoms with Crippen LogP contribution in [0.15, 0.2) is 6.20 Å². The van der Waals surface area contributed by atoms with Crippen molar-refractivity contribution < 1.29 is 22.6 Å². The first kappa shape index (κ1) is 13.1. The van der Waals surface area contributed by atoms with Gasteiger partial charge in [0.1, 0.15) is 0 Å². The molecule has 0 saturated heterocycles. The highest BCUT2D eigenvalue weighted by atomic mass is 79.9. The molecular weight excluding hydrogens is 291 g/mol. The van der Waals surface area contributed by atoms with Crippen molar-refractivity contribution in [3.05, 3.63) is 17.5 Å². The third-order valence-electron chi connectivity index (χ3n) is 1.79. The van der Waals surface area contributed by atoms with E-state index in [1.807, 2.05) is 0 Å². The molecule has 0 fully saturated rings. The molecule has 0 aromatic carbocycles. The van der Waals surface area contributed by atoms with Crippen molar-refractivity contribution in [2.45, 2.75) is 18.6 Å². The molecule has 0 atom stereocenters. The molecule has 0 N–H and O–H groups in total. The number of aryl methyl sites for hydroxylation is 1. The Labute approximate surface area is 98.7 Å². The van der Waals surface area contributed by atoms with E-state index in [9.17, 15) is 13.2 Å². The number of methoxy groups -OCH3 is 1. The van der Waals surface area contributed by atoms with E-state index in [1.165, 1.54) is 13.3 Å². The predicted molar refractivity (Wildman–Crippen MR) is 54.8 cm³/mol. The zero-order valence-corrected chi connectivity index (χ0v) is 10.1. The smallest absolute Gasteiger partial charge is 0.492 e. The van der Waals surface area contributed by atoms with Gasteiger partial charge in [-0.15, -0.1) is 13.2 Å². The van der Waals surface area contributed by atoms with Gasteiger partial charge in [-0.1, -0.05) is 15.9 Å². The molecule has 0 aliphatic carbocycles. The van der Waals surface area contributed by atoms with Crippen LogP contribution in [0.1, 0.15) is 11.3 Å². The molecule has 1 rings (SSSR count). The van der Waals surface area contributed by atoms with Gasteiger partial charge in [0.05, 0.1) is 12.8 Å². The van der Waals surface area contributed by atoms with Crippen molar-refractivity contribution in [2.24, 2.45) is 0 Å². The number of rotatable bonds is 3. The molecule has 1 aromatic heterocycles. The van der Waals surface area contributed by atoms with Gasteiger partial charge in [0.15, 0.2) is 11.5 Å². The lowest BCUT2D eigenvalue weighted by atomic mass is 10.2. The van der Waals surface area contributed by atoms with Crippen molar-refractivity contribution in [3.8, 4) is 11.5 Å². The van der Waals surface area contributed by atoms with E-state index in [4.69, 9.17) is 4.74 Å². The lowest BCUT2D eigenvalue weighted by molar-refractivity contribution is -0.275. The Bertz CT molecular complexity index is 382. The van der Waals surface area contributed by atoms with Gasteiger partial charge in [-0.3, -0.25) is 4.98 Å². The molecular formula is C9H9BrF3NO2. The average Bonchev–Trinajstić information content (AvgIpc) is 2.16. The van der Waals surface area contributed by atoms with Crippen LogP contribution >= 0.6 is 15.9 Å². The molecule has 0 radical (unpaired) electrons. The summed E-state index contributed by atoms with van der Waals surface area (Å²) in [4.78, 5) is 3.84. The van der Waals surface area contributed by atoms with E-state index in [-0.39, 0.29) is 16.8 Å². The van der Waals surface area contributed by atoms with Crippen LogP contribution in [0.5, 0.6) is 11.5 Å². The molecule has 0 spiro atoms. The SMILES string of the molecule is COc1c(C)cnc(CBr)c1OC(F)(F)F. The van der Waals surface area contributed by atoms with Crippen LogP contribution in [0, 0.1) is 6.92 Å². The minimum atomic E-state index is -4.76. The Morgan fingerprint density at radius 3 is 2.44 bits per heavy atom. The number of aromatic nitrogens is 1. The molecule has 1 aromatic rings. The van der Waals surface area contributed by atoms with E-state index in [2.05, 4.69) is 25.7 Å². The summed E-state index contributed by atoms with van der Waals surface area (Å²) in [5.41, 5.74) is 0.617. The Morgan fingerprint density at radius 1 is 1.38 bits per heavy atom. The molecule has 0 saturated carbocycles. The van der Waals surface area contributed by atoms with E-state index in [0.29, 0.717) is 5.56 Å². The van der Waals surface area contributed by atoms with Crippen LogP contribution in [-0.4, -0.2) is 18.5 Å². The second-order valence-electron chi connectivity index (χ2n) is 2.93. The number of halogens is 4. The lowest BCUT2D eigenvalue weighted by Gasteiger charge is -2.16. The zero-order valence-electron chi connectivity index (χ0n) is 8.56. The van der Waals surface area contributed by atoms with Gasteiger partial charge < -0.3 is 9.47 Å². The zero-order chi connectivity index (χ0) is 12.3. The Hall–Kier alpha value is -0.980. The first-order valence-corrected chi connectivity index (χ1v) is 5.35. The number of hydrogen-bond donors (Lipinski definition) is 0. The second kappa shape index (κ2) is 4.90. The van der Waals surface area contributed by atoms with Crippen molar-refractivity contribution >= 4 is 15.9 Å². The summed E-state index contributed by atoms with van der Waals surface area (Å²) < 4.78 is 45.3. The molecule has 90 valence electrons. The quantitative estimate of drug-likeness (QED) is 0.803. The van der Waals surface area contributed by atoms with E-state index in [0.717, 1.165) is 0 Å². The largest absolute Gasteiger partial charge is 0.573 e. The van der Waals surface area contributed by atoms with E-state index in [1.54, 1.807) is 6.92 Å². The molecule has 1 heterocycles. The van der Waals surface area contributed by atoms with Crippen molar-refractivity contribution in [3.63, 3.8) is 0 Å². The highest BCUT2D eigenvalue weighted by molar-refractivity contribution is 9.08. The summed E-state index contributed by atoms with van der Waals surface area (Å²) in [5, 5.41) is 0.148. The Balaban J connectivity index is 3.25. The van der Waals surface area contributed by atoms with Crippen LogP contribution < -0.4 is 9.47 Å².